The predicted octanol–water partition coefficient (Wildman–Crippen LogP) is 4.03. The third-order valence-corrected chi connectivity index (χ3v) is 6.29. The van der Waals surface area contributed by atoms with E-state index in [4.69, 9.17) is 0 Å². The van der Waals surface area contributed by atoms with Crippen molar-refractivity contribution >= 4 is 17.7 Å². The average molecular weight is 388 g/mol. The Hall–Kier alpha value is -2.95. The van der Waals surface area contributed by atoms with Gasteiger partial charge in [0.25, 0.3) is 17.7 Å². The minimum Gasteiger partial charge on any atom is -0.333 e. The summed E-state index contributed by atoms with van der Waals surface area (Å²) in [5.41, 5.74) is 2.16. The van der Waals surface area contributed by atoms with Crippen LogP contribution in [0.2, 0.25) is 0 Å². The zero-order valence-corrected chi connectivity index (χ0v) is 16.3. The first-order valence-electron chi connectivity index (χ1n) is 10.5. The SMILES string of the molecule is O=C1c2ccc(C(=O)N(C3CCCC3)C3CC3)cc2C(=O)N1Cc1ccccc1. The summed E-state index contributed by atoms with van der Waals surface area (Å²) >= 11 is 0. The maximum Gasteiger partial charge on any atom is 0.261 e. The monoisotopic (exact) mass is 388 g/mol. The van der Waals surface area contributed by atoms with E-state index in [1.807, 2.05) is 30.3 Å². The van der Waals surface area contributed by atoms with Crippen LogP contribution in [0.1, 0.15) is 75.2 Å². The van der Waals surface area contributed by atoms with Crippen LogP contribution in [0, 0.1) is 0 Å². The van der Waals surface area contributed by atoms with E-state index >= 15 is 0 Å². The van der Waals surface area contributed by atoms with Gasteiger partial charge in [0.1, 0.15) is 0 Å². The molecule has 2 aromatic rings. The van der Waals surface area contributed by atoms with Crippen molar-refractivity contribution in [3.8, 4) is 0 Å². The van der Waals surface area contributed by atoms with Gasteiger partial charge in [-0.05, 0) is 49.4 Å². The van der Waals surface area contributed by atoms with Crippen LogP contribution in [-0.4, -0.2) is 39.6 Å². The van der Waals surface area contributed by atoms with Crippen molar-refractivity contribution in [2.24, 2.45) is 0 Å². The fourth-order valence-electron chi connectivity index (χ4n) is 4.65. The second-order valence-corrected chi connectivity index (χ2v) is 8.32. The molecule has 0 N–H and O–H groups in total. The van der Waals surface area contributed by atoms with Crippen LogP contribution in [0.25, 0.3) is 0 Å². The van der Waals surface area contributed by atoms with E-state index in [0.29, 0.717) is 28.8 Å². The molecule has 5 heteroatoms. The van der Waals surface area contributed by atoms with E-state index in [9.17, 15) is 14.4 Å². The number of imide groups is 1. The average Bonchev–Trinajstić information content (AvgIpc) is 3.38. The van der Waals surface area contributed by atoms with Gasteiger partial charge in [-0.15, -0.1) is 0 Å². The summed E-state index contributed by atoms with van der Waals surface area (Å²) in [6.45, 7) is 0.243. The molecule has 0 bridgehead atoms. The van der Waals surface area contributed by atoms with E-state index < -0.39 is 0 Å². The van der Waals surface area contributed by atoms with Gasteiger partial charge in [-0.1, -0.05) is 43.2 Å². The molecule has 0 saturated heterocycles. The van der Waals surface area contributed by atoms with Crippen LogP contribution in [0.5, 0.6) is 0 Å². The Balaban J connectivity index is 1.41. The highest BCUT2D eigenvalue weighted by atomic mass is 16.2. The Morgan fingerprint density at radius 1 is 0.862 bits per heavy atom. The first kappa shape index (κ1) is 18.1. The van der Waals surface area contributed by atoms with Crippen molar-refractivity contribution in [3.63, 3.8) is 0 Å². The lowest BCUT2D eigenvalue weighted by Gasteiger charge is -2.29. The molecule has 2 aliphatic carbocycles. The largest absolute Gasteiger partial charge is 0.333 e. The van der Waals surface area contributed by atoms with Crippen LogP contribution in [0.4, 0.5) is 0 Å². The minimum atomic E-state index is -0.317. The molecule has 0 aromatic heterocycles. The number of hydrogen-bond donors (Lipinski definition) is 0. The van der Waals surface area contributed by atoms with Gasteiger partial charge in [0, 0.05) is 17.6 Å². The number of nitrogens with zero attached hydrogens (tertiary/aromatic N) is 2. The molecule has 0 spiro atoms. The number of fused-ring (bicyclic) bond motifs is 1. The number of rotatable bonds is 5. The lowest BCUT2D eigenvalue weighted by Crippen LogP contribution is -2.40. The van der Waals surface area contributed by atoms with Gasteiger partial charge in [-0.2, -0.15) is 0 Å². The molecule has 2 saturated carbocycles. The van der Waals surface area contributed by atoms with E-state index in [1.54, 1.807) is 18.2 Å². The zero-order chi connectivity index (χ0) is 20.0. The van der Waals surface area contributed by atoms with Gasteiger partial charge in [-0.3, -0.25) is 19.3 Å². The van der Waals surface area contributed by atoms with Gasteiger partial charge in [0.05, 0.1) is 17.7 Å². The van der Waals surface area contributed by atoms with E-state index in [2.05, 4.69) is 4.90 Å². The molecule has 0 radical (unpaired) electrons. The molecule has 5 nitrogen and oxygen atoms in total. The van der Waals surface area contributed by atoms with Gasteiger partial charge < -0.3 is 4.90 Å². The molecule has 2 aromatic carbocycles. The molecule has 2 fully saturated rings. The summed E-state index contributed by atoms with van der Waals surface area (Å²) < 4.78 is 0. The van der Waals surface area contributed by atoms with Crippen molar-refractivity contribution < 1.29 is 14.4 Å². The Morgan fingerprint density at radius 2 is 1.52 bits per heavy atom. The molecule has 1 aliphatic heterocycles. The van der Waals surface area contributed by atoms with Crippen molar-refractivity contribution in [2.75, 3.05) is 0 Å². The third kappa shape index (κ3) is 3.24. The normalized spacial score (nSPS) is 19.0. The molecular weight excluding hydrogens is 364 g/mol. The van der Waals surface area contributed by atoms with E-state index in [0.717, 1.165) is 31.2 Å². The highest BCUT2D eigenvalue weighted by molar-refractivity contribution is 6.22. The van der Waals surface area contributed by atoms with Gasteiger partial charge in [0.2, 0.25) is 0 Å². The standard InChI is InChI=1S/C24H24N2O3/c27-22(26(19-11-12-19)18-8-4-5-9-18)17-10-13-20-21(14-17)24(29)25(23(20)28)15-16-6-2-1-3-7-16/h1-3,6-7,10,13-14,18-19H,4-5,8-9,11-12,15H2. The van der Waals surface area contributed by atoms with Gasteiger partial charge in [-0.25, -0.2) is 0 Å². The van der Waals surface area contributed by atoms with Gasteiger partial charge >= 0.3 is 0 Å². The number of carbonyl (C=O) groups is 3. The minimum absolute atomic E-state index is 0.00367. The molecule has 1 heterocycles. The van der Waals surface area contributed by atoms with Crippen LogP contribution in [-0.2, 0) is 6.54 Å². The van der Waals surface area contributed by atoms with Crippen LogP contribution in [0.15, 0.2) is 48.5 Å². The quantitative estimate of drug-likeness (QED) is 0.727. The molecule has 0 atom stereocenters. The summed E-state index contributed by atoms with van der Waals surface area (Å²) in [5.74, 6) is -0.603. The lowest BCUT2D eigenvalue weighted by molar-refractivity contribution is 0.0640. The van der Waals surface area contributed by atoms with Gasteiger partial charge in [0.15, 0.2) is 0 Å². The second-order valence-electron chi connectivity index (χ2n) is 8.32. The number of hydrogen-bond acceptors (Lipinski definition) is 3. The third-order valence-electron chi connectivity index (χ3n) is 6.29. The molecule has 29 heavy (non-hydrogen) atoms. The molecule has 3 aliphatic rings. The predicted molar refractivity (Wildman–Crippen MR) is 109 cm³/mol. The molecule has 0 unspecified atom stereocenters. The molecule has 148 valence electrons. The second kappa shape index (κ2) is 7.14. The highest BCUT2D eigenvalue weighted by Gasteiger charge is 2.40. The first-order valence-corrected chi connectivity index (χ1v) is 10.5. The highest BCUT2D eigenvalue weighted by Crippen LogP contribution is 2.36. The number of carbonyl (C=O) groups excluding carboxylic acids is 3. The van der Waals surface area contributed by atoms with Crippen molar-refractivity contribution in [1.82, 2.24) is 9.80 Å². The Bertz CT molecular complexity index is 975. The number of benzene rings is 2. The fraction of sp³-hybridized carbons (Fsp3) is 0.375. The van der Waals surface area contributed by atoms with E-state index in [1.165, 1.54) is 17.7 Å². The van der Waals surface area contributed by atoms with Crippen LogP contribution in [0.3, 0.4) is 0 Å². The lowest BCUT2D eigenvalue weighted by atomic mass is 10.0. The van der Waals surface area contributed by atoms with Crippen LogP contribution >= 0.6 is 0 Å². The fourth-order valence-corrected chi connectivity index (χ4v) is 4.65. The Labute approximate surface area is 170 Å². The first-order chi connectivity index (χ1) is 14.1. The number of amides is 3. The van der Waals surface area contributed by atoms with Crippen LogP contribution < -0.4 is 0 Å². The summed E-state index contributed by atoms with van der Waals surface area (Å²) in [7, 11) is 0. The summed E-state index contributed by atoms with van der Waals surface area (Å²) in [6, 6.07) is 15.1. The molecule has 3 amide bonds. The van der Waals surface area contributed by atoms with Crippen molar-refractivity contribution in [1.29, 1.82) is 0 Å². The summed E-state index contributed by atoms with van der Waals surface area (Å²) in [6.07, 6.45) is 6.61. The van der Waals surface area contributed by atoms with E-state index in [-0.39, 0.29) is 24.3 Å². The molecular formula is C24H24N2O3. The smallest absolute Gasteiger partial charge is 0.261 e. The maximum atomic E-state index is 13.3. The molecule has 5 rings (SSSR count). The van der Waals surface area contributed by atoms with Crippen molar-refractivity contribution in [3.05, 3.63) is 70.8 Å². The maximum absolute atomic E-state index is 13.3. The summed E-state index contributed by atoms with van der Waals surface area (Å²) in [4.78, 5) is 42.3. The Morgan fingerprint density at radius 3 is 2.21 bits per heavy atom. The summed E-state index contributed by atoms with van der Waals surface area (Å²) in [5, 5.41) is 0. The topological polar surface area (TPSA) is 57.7 Å². The van der Waals surface area contributed by atoms with Crippen molar-refractivity contribution in [2.45, 2.75) is 57.2 Å². The Kier molecular flexibility index (Phi) is 4.46. The zero-order valence-electron chi connectivity index (χ0n) is 16.3.